The van der Waals surface area contributed by atoms with Gasteiger partial charge in [0.15, 0.2) is 0 Å². The zero-order valence-corrected chi connectivity index (χ0v) is 10.8. The number of aliphatic hydroxyl groups is 1. The van der Waals surface area contributed by atoms with Crippen LogP contribution in [-0.2, 0) is 0 Å². The van der Waals surface area contributed by atoms with E-state index in [0.29, 0.717) is 18.8 Å². The fourth-order valence-corrected chi connectivity index (χ4v) is 2.32. The van der Waals surface area contributed by atoms with Crippen molar-refractivity contribution in [1.82, 2.24) is 4.90 Å². The lowest BCUT2D eigenvalue weighted by Gasteiger charge is -2.20. The molecule has 102 valence electrons. The van der Waals surface area contributed by atoms with Gasteiger partial charge >= 0.3 is 0 Å². The number of anilines is 1. The van der Waals surface area contributed by atoms with Crippen molar-refractivity contribution >= 4 is 5.69 Å². The first-order valence-electron chi connectivity index (χ1n) is 6.53. The van der Waals surface area contributed by atoms with Gasteiger partial charge in [0.1, 0.15) is 11.9 Å². The van der Waals surface area contributed by atoms with Gasteiger partial charge < -0.3 is 15.3 Å². The number of aliphatic hydroxyl groups excluding tert-OH is 1. The smallest absolute Gasteiger partial charge is 0.124 e. The number of nitrogens with one attached hydrogen (secondary N) is 1. The molecule has 1 aliphatic rings. The molecule has 1 saturated heterocycles. The number of hydrogen-bond donors (Lipinski definition) is 2. The number of halogens is 1. The lowest BCUT2D eigenvalue weighted by Crippen LogP contribution is -2.34. The van der Waals surface area contributed by atoms with E-state index in [1.165, 1.54) is 31.0 Å². The molecular formula is C14H18FN3O. The predicted molar refractivity (Wildman–Crippen MR) is 71.3 cm³/mol. The van der Waals surface area contributed by atoms with E-state index in [1.807, 2.05) is 6.07 Å². The third kappa shape index (κ3) is 3.91. The van der Waals surface area contributed by atoms with E-state index in [2.05, 4.69) is 10.2 Å². The summed E-state index contributed by atoms with van der Waals surface area (Å²) >= 11 is 0. The summed E-state index contributed by atoms with van der Waals surface area (Å²) in [4.78, 5) is 2.22. The highest BCUT2D eigenvalue weighted by Crippen LogP contribution is 2.16. The largest absolute Gasteiger partial charge is 0.390 e. The van der Waals surface area contributed by atoms with Gasteiger partial charge in [-0.3, -0.25) is 0 Å². The summed E-state index contributed by atoms with van der Waals surface area (Å²) in [7, 11) is 0. The Balaban J connectivity index is 1.86. The van der Waals surface area contributed by atoms with Gasteiger partial charge in [-0.05, 0) is 44.1 Å². The van der Waals surface area contributed by atoms with E-state index < -0.39 is 11.9 Å². The summed E-state index contributed by atoms with van der Waals surface area (Å²) in [5, 5.41) is 21.8. The Kier molecular flexibility index (Phi) is 4.72. The van der Waals surface area contributed by atoms with Gasteiger partial charge in [-0.2, -0.15) is 5.26 Å². The number of nitriles is 1. The number of likely N-dealkylation sites (tertiary alicyclic amines) is 1. The van der Waals surface area contributed by atoms with Crippen LogP contribution in [0.25, 0.3) is 0 Å². The quantitative estimate of drug-likeness (QED) is 0.846. The third-order valence-electron chi connectivity index (χ3n) is 3.30. The Morgan fingerprint density at radius 2 is 2.16 bits per heavy atom. The molecule has 19 heavy (non-hydrogen) atoms. The van der Waals surface area contributed by atoms with Crippen molar-refractivity contribution in [2.75, 3.05) is 31.5 Å². The zero-order valence-electron chi connectivity index (χ0n) is 10.8. The highest BCUT2D eigenvalue weighted by molar-refractivity contribution is 5.57. The molecule has 1 aromatic rings. The maximum Gasteiger partial charge on any atom is 0.124 e. The molecule has 0 bridgehead atoms. The third-order valence-corrected chi connectivity index (χ3v) is 3.30. The Labute approximate surface area is 112 Å². The van der Waals surface area contributed by atoms with Crippen molar-refractivity contribution in [1.29, 1.82) is 5.26 Å². The fraction of sp³-hybridized carbons (Fsp3) is 0.500. The highest BCUT2D eigenvalue weighted by atomic mass is 19.1. The van der Waals surface area contributed by atoms with Gasteiger partial charge in [0, 0.05) is 13.1 Å². The molecule has 0 amide bonds. The monoisotopic (exact) mass is 263 g/mol. The van der Waals surface area contributed by atoms with Crippen LogP contribution in [0, 0.1) is 17.1 Å². The van der Waals surface area contributed by atoms with Crippen LogP contribution in [0.2, 0.25) is 0 Å². The minimum absolute atomic E-state index is 0.258. The molecule has 1 fully saturated rings. The molecule has 1 atom stereocenters. The maximum absolute atomic E-state index is 13.0. The average Bonchev–Trinajstić information content (AvgIpc) is 2.90. The molecule has 2 N–H and O–H groups in total. The summed E-state index contributed by atoms with van der Waals surface area (Å²) in [6.45, 7) is 3.07. The molecule has 0 aromatic heterocycles. The molecule has 0 radical (unpaired) electrons. The van der Waals surface area contributed by atoms with Crippen LogP contribution in [0.4, 0.5) is 10.1 Å². The molecule has 5 heteroatoms. The second kappa shape index (κ2) is 6.50. The van der Waals surface area contributed by atoms with Crippen LogP contribution in [0.15, 0.2) is 18.2 Å². The van der Waals surface area contributed by atoms with Crippen LogP contribution in [0.5, 0.6) is 0 Å². The van der Waals surface area contributed by atoms with Crippen molar-refractivity contribution in [3.63, 3.8) is 0 Å². The van der Waals surface area contributed by atoms with Crippen molar-refractivity contribution in [3.8, 4) is 6.07 Å². The standard InChI is InChI=1S/C14H18FN3O/c15-12-3-4-14(11(7-12)8-16)17-9-13(19)10-18-5-1-2-6-18/h3-4,7,13,17,19H,1-2,5-6,9-10H2. The highest BCUT2D eigenvalue weighted by Gasteiger charge is 2.15. The predicted octanol–water partition coefficient (Wildman–Crippen LogP) is 1.57. The fourth-order valence-electron chi connectivity index (χ4n) is 2.32. The van der Waals surface area contributed by atoms with Gasteiger partial charge in [0.05, 0.1) is 17.4 Å². The summed E-state index contributed by atoms with van der Waals surface area (Å²) in [6.07, 6.45) is 1.89. The topological polar surface area (TPSA) is 59.3 Å². The Hall–Kier alpha value is -1.64. The molecule has 1 unspecified atom stereocenters. The summed E-state index contributed by atoms with van der Waals surface area (Å²) < 4.78 is 13.0. The molecule has 4 nitrogen and oxygen atoms in total. The van der Waals surface area contributed by atoms with E-state index >= 15 is 0 Å². The van der Waals surface area contributed by atoms with E-state index in [9.17, 15) is 9.50 Å². The minimum atomic E-state index is -0.491. The molecule has 1 aromatic carbocycles. The summed E-state index contributed by atoms with van der Waals surface area (Å²) in [5.41, 5.74) is 0.817. The van der Waals surface area contributed by atoms with Gasteiger partial charge in [-0.25, -0.2) is 4.39 Å². The average molecular weight is 263 g/mol. The molecule has 1 aliphatic heterocycles. The zero-order chi connectivity index (χ0) is 13.7. The van der Waals surface area contributed by atoms with Gasteiger partial charge in [0.25, 0.3) is 0 Å². The Bertz CT molecular complexity index is 466. The lowest BCUT2D eigenvalue weighted by atomic mass is 10.2. The van der Waals surface area contributed by atoms with Crippen LogP contribution >= 0.6 is 0 Å². The van der Waals surface area contributed by atoms with Crippen molar-refractivity contribution in [2.45, 2.75) is 18.9 Å². The van der Waals surface area contributed by atoms with Gasteiger partial charge in [-0.15, -0.1) is 0 Å². The first-order valence-corrected chi connectivity index (χ1v) is 6.53. The second-order valence-corrected chi connectivity index (χ2v) is 4.84. The molecule has 1 heterocycles. The van der Waals surface area contributed by atoms with Crippen LogP contribution in [-0.4, -0.2) is 42.3 Å². The van der Waals surface area contributed by atoms with Crippen LogP contribution in [0.1, 0.15) is 18.4 Å². The first kappa shape index (κ1) is 13.8. The first-order chi connectivity index (χ1) is 9.19. The minimum Gasteiger partial charge on any atom is -0.390 e. The van der Waals surface area contributed by atoms with E-state index in [-0.39, 0.29) is 5.56 Å². The number of β-amino-alcohol motifs (C(OH)–C–C–N with tert-alkyl or cyclic N) is 1. The lowest BCUT2D eigenvalue weighted by molar-refractivity contribution is 0.135. The normalized spacial score (nSPS) is 17.1. The summed E-state index contributed by atoms with van der Waals surface area (Å²) in [5.74, 6) is -0.431. The Morgan fingerprint density at radius 1 is 1.42 bits per heavy atom. The second-order valence-electron chi connectivity index (χ2n) is 4.84. The van der Waals surface area contributed by atoms with Gasteiger partial charge in [0.2, 0.25) is 0 Å². The molecule has 0 aliphatic carbocycles. The molecular weight excluding hydrogens is 245 g/mol. The number of hydrogen-bond acceptors (Lipinski definition) is 4. The van der Waals surface area contributed by atoms with Crippen molar-refractivity contribution < 1.29 is 9.50 Å². The number of nitrogens with zero attached hydrogens (tertiary/aromatic N) is 2. The SMILES string of the molecule is N#Cc1cc(F)ccc1NCC(O)CN1CCCC1. The number of rotatable bonds is 5. The van der Waals surface area contributed by atoms with Crippen LogP contribution in [0.3, 0.4) is 0 Å². The van der Waals surface area contributed by atoms with E-state index in [4.69, 9.17) is 5.26 Å². The van der Waals surface area contributed by atoms with Crippen molar-refractivity contribution in [3.05, 3.63) is 29.6 Å². The van der Waals surface area contributed by atoms with E-state index in [0.717, 1.165) is 13.1 Å². The van der Waals surface area contributed by atoms with E-state index in [1.54, 1.807) is 0 Å². The number of benzene rings is 1. The van der Waals surface area contributed by atoms with Gasteiger partial charge in [-0.1, -0.05) is 0 Å². The molecule has 0 spiro atoms. The summed E-state index contributed by atoms with van der Waals surface area (Å²) in [6, 6.07) is 5.95. The molecule has 0 saturated carbocycles. The van der Waals surface area contributed by atoms with Crippen molar-refractivity contribution in [2.24, 2.45) is 0 Å². The molecule has 2 rings (SSSR count). The van der Waals surface area contributed by atoms with Crippen LogP contribution < -0.4 is 5.32 Å². The Morgan fingerprint density at radius 3 is 2.84 bits per heavy atom. The maximum atomic E-state index is 13.0.